The fourth-order valence-electron chi connectivity index (χ4n) is 3.50. The van der Waals surface area contributed by atoms with E-state index >= 15 is 0 Å². The van der Waals surface area contributed by atoms with Gasteiger partial charge in [-0.25, -0.2) is 0 Å². The zero-order valence-electron chi connectivity index (χ0n) is 18.4. The third-order valence-corrected chi connectivity index (χ3v) is 5.48. The smallest absolute Gasteiger partial charge is 0.252 e. The number of nitrogens with one attached hydrogen (secondary N) is 1. The molecule has 0 spiro atoms. The fourth-order valence-corrected chi connectivity index (χ4v) is 3.68. The number of carbonyl (C=O) groups excluding carboxylic acids is 2. The summed E-state index contributed by atoms with van der Waals surface area (Å²) in [6, 6.07) is 13.9. The number of carbonyl (C=O) groups is 2. The molecule has 168 valence electrons. The minimum atomic E-state index is -0.803. The second kappa shape index (κ2) is 10.2. The topological polar surface area (TPSA) is 101 Å². The fraction of sp³-hybridized carbons (Fsp3) is 0.200. The minimum Gasteiger partial charge on any atom is -0.495 e. The average Bonchev–Trinajstić information content (AvgIpc) is 2.80. The second-order valence-electron chi connectivity index (χ2n) is 7.35. The number of Topliss-reactive ketones (excluding diaryl/α,β-unsaturated/α-hetero) is 1. The molecule has 0 aliphatic heterocycles. The van der Waals surface area contributed by atoms with Crippen LogP contribution in [0.1, 0.15) is 42.2 Å². The predicted octanol–water partition coefficient (Wildman–Crippen LogP) is 4.84. The Bertz CT molecular complexity index is 1310. The summed E-state index contributed by atoms with van der Waals surface area (Å²) in [6.45, 7) is 3.26. The van der Waals surface area contributed by atoms with Crippen LogP contribution in [0.4, 0.5) is 5.69 Å². The first-order valence-corrected chi connectivity index (χ1v) is 10.6. The lowest BCUT2D eigenvalue weighted by molar-refractivity contribution is -0.119. The summed E-state index contributed by atoms with van der Waals surface area (Å²) in [7, 11) is 1.45. The number of ketones is 1. The molecule has 1 aromatic heterocycles. The van der Waals surface area contributed by atoms with E-state index < -0.39 is 11.6 Å². The molecule has 8 heteroatoms. The molecule has 33 heavy (non-hydrogen) atoms. The van der Waals surface area contributed by atoms with E-state index in [1.807, 2.05) is 0 Å². The monoisotopic (exact) mass is 463 g/mol. The number of halogens is 1. The van der Waals surface area contributed by atoms with Crippen molar-refractivity contribution in [2.75, 3.05) is 12.4 Å². The molecular weight excluding hydrogens is 442 g/mol. The molecule has 3 aromatic rings. The van der Waals surface area contributed by atoms with Gasteiger partial charge in [-0.15, -0.1) is 0 Å². The van der Waals surface area contributed by atoms with E-state index in [0.717, 1.165) is 0 Å². The van der Waals surface area contributed by atoms with Crippen LogP contribution >= 0.6 is 11.6 Å². The number of hydrogen-bond donors (Lipinski definition) is 1. The van der Waals surface area contributed by atoms with Gasteiger partial charge in [0, 0.05) is 33.5 Å². The second-order valence-corrected chi connectivity index (χ2v) is 7.79. The molecule has 0 fully saturated rings. The van der Waals surface area contributed by atoms with Crippen LogP contribution in [0.25, 0.3) is 11.1 Å². The van der Waals surface area contributed by atoms with Crippen molar-refractivity contribution >= 4 is 29.0 Å². The molecule has 0 bridgehead atoms. The first-order valence-electron chi connectivity index (χ1n) is 10.2. The number of amides is 1. The van der Waals surface area contributed by atoms with Crippen LogP contribution < -0.4 is 15.6 Å². The highest BCUT2D eigenvalue weighted by Gasteiger charge is 2.23. The van der Waals surface area contributed by atoms with Gasteiger partial charge in [-0.1, -0.05) is 18.5 Å². The van der Waals surface area contributed by atoms with Crippen molar-refractivity contribution in [3.05, 3.63) is 81.2 Å². The van der Waals surface area contributed by atoms with Gasteiger partial charge in [-0.2, -0.15) is 5.26 Å². The Morgan fingerprint density at radius 1 is 1.15 bits per heavy atom. The van der Waals surface area contributed by atoms with Gasteiger partial charge in [0.2, 0.25) is 5.91 Å². The maximum Gasteiger partial charge on any atom is 0.252 e. The summed E-state index contributed by atoms with van der Waals surface area (Å²) in [5.74, 6) is -0.131. The van der Waals surface area contributed by atoms with Crippen molar-refractivity contribution in [3.63, 3.8) is 0 Å². The Labute approximate surface area is 196 Å². The highest BCUT2D eigenvalue weighted by atomic mass is 35.5. The van der Waals surface area contributed by atoms with E-state index in [2.05, 4.69) is 11.4 Å². The van der Waals surface area contributed by atoms with Gasteiger partial charge in [-0.05, 0) is 55.8 Å². The number of rotatable bonds is 7. The van der Waals surface area contributed by atoms with E-state index in [4.69, 9.17) is 16.3 Å². The molecule has 7 nitrogen and oxygen atoms in total. The molecule has 0 saturated heterocycles. The lowest BCUT2D eigenvalue weighted by atomic mass is 10.00. The Morgan fingerprint density at radius 3 is 2.42 bits per heavy atom. The maximum absolute atomic E-state index is 13.0. The summed E-state index contributed by atoms with van der Waals surface area (Å²) < 4.78 is 6.79. The lowest BCUT2D eigenvalue weighted by Gasteiger charge is -2.20. The van der Waals surface area contributed by atoms with Crippen LogP contribution in [0.3, 0.4) is 0 Å². The predicted molar refractivity (Wildman–Crippen MR) is 127 cm³/mol. The van der Waals surface area contributed by atoms with Gasteiger partial charge in [0.15, 0.2) is 5.78 Å². The summed E-state index contributed by atoms with van der Waals surface area (Å²) in [4.78, 5) is 37.4. The number of ether oxygens (including phenoxy) is 1. The highest BCUT2D eigenvalue weighted by molar-refractivity contribution is 6.31. The summed E-state index contributed by atoms with van der Waals surface area (Å²) in [5.41, 5.74) is 1.84. The van der Waals surface area contributed by atoms with Crippen molar-refractivity contribution in [1.82, 2.24) is 4.57 Å². The van der Waals surface area contributed by atoms with Gasteiger partial charge in [0.25, 0.3) is 5.56 Å². The number of anilines is 1. The van der Waals surface area contributed by atoms with Crippen molar-refractivity contribution in [1.29, 1.82) is 5.26 Å². The Hall–Kier alpha value is -3.89. The van der Waals surface area contributed by atoms with Crippen molar-refractivity contribution in [2.24, 2.45) is 0 Å². The highest BCUT2D eigenvalue weighted by Crippen LogP contribution is 2.33. The molecule has 0 aliphatic rings. The van der Waals surface area contributed by atoms with E-state index in [9.17, 15) is 19.6 Å². The molecule has 1 N–H and O–H groups in total. The average molecular weight is 464 g/mol. The van der Waals surface area contributed by atoms with Crippen LogP contribution in [0.2, 0.25) is 5.02 Å². The molecule has 1 amide bonds. The molecule has 0 saturated carbocycles. The molecule has 1 heterocycles. The van der Waals surface area contributed by atoms with Crippen LogP contribution in [0, 0.1) is 11.3 Å². The standard InChI is InChI=1S/C25H22ClN3O4/c1-4-22(25(32)28-19-9-6-16(7-10-19)15(2)30)29-14-23(33-3)21(12-24(29)31)20-11-18(26)8-5-17(20)13-27/h5-12,14,22H,4H2,1-3H3,(H,28,32). The number of aromatic nitrogens is 1. The lowest BCUT2D eigenvalue weighted by Crippen LogP contribution is -2.32. The first-order chi connectivity index (χ1) is 15.8. The number of nitrogens with zero attached hydrogens (tertiary/aromatic N) is 2. The number of pyridine rings is 1. The van der Waals surface area contributed by atoms with E-state index in [0.29, 0.717) is 45.1 Å². The van der Waals surface area contributed by atoms with Crippen LogP contribution in [-0.2, 0) is 4.79 Å². The molecular formula is C25H22ClN3O4. The molecule has 1 atom stereocenters. The molecule has 0 radical (unpaired) electrons. The van der Waals surface area contributed by atoms with Gasteiger partial charge >= 0.3 is 0 Å². The Balaban J connectivity index is 1.98. The van der Waals surface area contributed by atoms with Crippen molar-refractivity contribution in [2.45, 2.75) is 26.3 Å². The molecule has 1 unspecified atom stereocenters. The summed E-state index contributed by atoms with van der Waals surface area (Å²) >= 11 is 6.10. The van der Waals surface area contributed by atoms with E-state index in [-0.39, 0.29) is 11.7 Å². The van der Waals surface area contributed by atoms with Crippen LogP contribution in [0.5, 0.6) is 5.75 Å². The SMILES string of the molecule is CCC(C(=O)Nc1ccc(C(C)=O)cc1)n1cc(OC)c(-c2cc(Cl)ccc2C#N)cc1=O. The maximum atomic E-state index is 13.0. The Morgan fingerprint density at radius 2 is 1.85 bits per heavy atom. The molecule has 0 aliphatic carbocycles. The number of hydrogen-bond acceptors (Lipinski definition) is 5. The van der Waals surface area contributed by atoms with Crippen LogP contribution in [-0.4, -0.2) is 23.4 Å². The largest absolute Gasteiger partial charge is 0.495 e. The quantitative estimate of drug-likeness (QED) is 0.505. The summed E-state index contributed by atoms with van der Waals surface area (Å²) in [5, 5.41) is 12.7. The van der Waals surface area contributed by atoms with Gasteiger partial charge in [0.1, 0.15) is 11.8 Å². The van der Waals surface area contributed by atoms with Gasteiger partial charge < -0.3 is 10.1 Å². The van der Waals surface area contributed by atoms with Crippen molar-refractivity contribution in [3.8, 4) is 22.9 Å². The summed E-state index contributed by atoms with van der Waals surface area (Å²) in [6.07, 6.45) is 1.81. The Kier molecular flexibility index (Phi) is 7.31. The van der Waals surface area contributed by atoms with E-state index in [1.54, 1.807) is 49.4 Å². The van der Waals surface area contributed by atoms with Crippen molar-refractivity contribution < 1.29 is 14.3 Å². The number of benzene rings is 2. The zero-order valence-corrected chi connectivity index (χ0v) is 19.1. The number of nitriles is 1. The van der Waals surface area contributed by atoms with Gasteiger partial charge in [-0.3, -0.25) is 19.0 Å². The third-order valence-electron chi connectivity index (χ3n) is 5.24. The first kappa shape index (κ1) is 23.8. The van der Waals surface area contributed by atoms with Gasteiger partial charge in [0.05, 0.1) is 24.9 Å². The number of methoxy groups -OCH3 is 1. The zero-order chi connectivity index (χ0) is 24.1. The minimum absolute atomic E-state index is 0.0719. The molecule has 2 aromatic carbocycles. The third kappa shape index (κ3) is 5.13. The van der Waals surface area contributed by atoms with E-state index in [1.165, 1.54) is 30.9 Å². The normalized spacial score (nSPS) is 11.4. The molecule has 3 rings (SSSR count). The van der Waals surface area contributed by atoms with Crippen LogP contribution in [0.15, 0.2) is 59.5 Å².